The summed E-state index contributed by atoms with van der Waals surface area (Å²) in [5.41, 5.74) is -0.143. The average molecular weight is 238 g/mol. The second kappa shape index (κ2) is 5.89. The van der Waals surface area contributed by atoms with Gasteiger partial charge in [0.1, 0.15) is 0 Å². The molecule has 2 unspecified atom stereocenters. The molecule has 2 atom stereocenters. The maximum absolute atomic E-state index is 11.7. The molecule has 0 aromatic carbocycles. The highest BCUT2D eigenvalue weighted by atomic mass is 16.6. The van der Waals surface area contributed by atoms with Gasteiger partial charge in [-0.3, -0.25) is 4.79 Å². The molecule has 1 amide bonds. The van der Waals surface area contributed by atoms with Crippen LogP contribution in [0.5, 0.6) is 0 Å². The van der Waals surface area contributed by atoms with Crippen molar-refractivity contribution in [2.45, 2.75) is 38.3 Å². The lowest BCUT2D eigenvalue weighted by molar-refractivity contribution is -0.132. The third-order valence-corrected chi connectivity index (χ3v) is 2.41. The number of hydrogen-bond donors (Lipinski definition) is 2. The molecular formula is C11H14N2O4. The molecule has 1 aliphatic rings. The Morgan fingerprint density at radius 3 is 2.94 bits per heavy atom. The van der Waals surface area contributed by atoms with Crippen molar-refractivity contribution >= 4 is 17.6 Å². The maximum Gasteiger partial charge on any atom is 0.353 e. The number of oxime groups is 1. The normalized spacial score (nSPS) is 19.8. The van der Waals surface area contributed by atoms with E-state index in [0.717, 1.165) is 0 Å². The summed E-state index contributed by atoms with van der Waals surface area (Å²) < 4.78 is 0. The van der Waals surface area contributed by atoms with Gasteiger partial charge in [0.2, 0.25) is 6.10 Å². The van der Waals surface area contributed by atoms with E-state index in [-0.39, 0.29) is 24.1 Å². The van der Waals surface area contributed by atoms with E-state index in [1.807, 2.05) is 6.92 Å². The summed E-state index contributed by atoms with van der Waals surface area (Å²) in [4.78, 5) is 27.0. The third-order valence-electron chi connectivity index (χ3n) is 2.41. The highest BCUT2D eigenvalue weighted by Gasteiger charge is 2.32. The van der Waals surface area contributed by atoms with Gasteiger partial charge >= 0.3 is 5.97 Å². The van der Waals surface area contributed by atoms with E-state index in [9.17, 15) is 9.59 Å². The number of carbonyl (C=O) groups is 2. The summed E-state index contributed by atoms with van der Waals surface area (Å²) in [6, 6.07) is -0.120. The molecule has 0 radical (unpaired) electrons. The first-order valence-electron chi connectivity index (χ1n) is 5.28. The van der Waals surface area contributed by atoms with Crippen LogP contribution in [-0.4, -0.2) is 34.8 Å². The van der Waals surface area contributed by atoms with E-state index in [4.69, 9.17) is 16.4 Å². The van der Waals surface area contributed by atoms with Crippen molar-refractivity contribution in [3.05, 3.63) is 0 Å². The summed E-state index contributed by atoms with van der Waals surface area (Å²) in [6.45, 7) is 1.90. The zero-order chi connectivity index (χ0) is 12.8. The Morgan fingerprint density at radius 2 is 2.47 bits per heavy atom. The molecule has 0 spiro atoms. The maximum atomic E-state index is 11.7. The standard InChI is InChI=1S/C11H14N2O4/c1-3-5-7(4-2)12-10(14)9-6-8(11(15)16)13-17-9/h1,7,9H,4-6H2,2H3,(H,12,14)(H,15,16). The van der Waals surface area contributed by atoms with Crippen LogP contribution in [0, 0.1) is 12.3 Å². The molecule has 0 aromatic rings. The summed E-state index contributed by atoms with van der Waals surface area (Å²) in [5, 5.41) is 14.7. The van der Waals surface area contributed by atoms with Crippen LogP contribution < -0.4 is 5.32 Å². The van der Waals surface area contributed by atoms with E-state index in [2.05, 4.69) is 16.4 Å². The van der Waals surface area contributed by atoms with Gasteiger partial charge in [0.05, 0.1) is 0 Å². The predicted octanol–water partition coefficient (Wildman–Crippen LogP) is 0.134. The van der Waals surface area contributed by atoms with Crippen LogP contribution in [-0.2, 0) is 14.4 Å². The number of nitrogens with zero attached hydrogens (tertiary/aromatic N) is 1. The van der Waals surface area contributed by atoms with Crippen LogP contribution in [0.1, 0.15) is 26.2 Å². The summed E-state index contributed by atoms with van der Waals surface area (Å²) in [7, 11) is 0. The highest BCUT2D eigenvalue weighted by Crippen LogP contribution is 2.11. The lowest BCUT2D eigenvalue weighted by Gasteiger charge is -2.16. The first-order chi connectivity index (χ1) is 8.08. The fourth-order valence-corrected chi connectivity index (χ4v) is 1.38. The van der Waals surface area contributed by atoms with Gasteiger partial charge in [-0.2, -0.15) is 0 Å². The molecule has 6 nitrogen and oxygen atoms in total. The van der Waals surface area contributed by atoms with E-state index < -0.39 is 12.1 Å². The fraction of sp³-hybridized carbons (Fsp3) is 0.545. The topological polar surface area (TPSA) is 88.0 Å². The molecule has 1 aliphatic heterocycles. The molecule has 17 heavy (non-hydrogen) atoms. The molecule has 0 aromatic heterocycles. The molecule has 0 fully saturated rings. The second-order valence-corrected chi connectivity index (χ2v) is 3.66. The van der Waals surface area contributed by atoms with Crippen LogP contribution in [0.3, 0.4) is 0 Å². The first-order valence-corrected chi connectivity index (χ1v) is 5.28. The molecule has 0 saturated heterocycles. The summed E-state index contributed by atoms with van der Waals surface area (Å²) >= 11 is 0. The van der Waals surface area contributed by atoms with Gasteiger partial charge in [0, 0.05) is 18.9 Å². The van der Waals surface area contributed by atoms with Gasteiger partial charge < -0.3 is 15.3 Å². The molecule has 0 saturated carbocycles. The minimum atomic E-state index is -1.17. The van der Waals surface area contributed by atoms with E-state index in [0.29, 0.717) is 12.8 Å². The SMILES string of the molecule is C#CCC(CC)NC(=O)C1CC(C(=O)O)=NO1. The van der Waals surface area contributed by atoms with E-state index in [1.165, 1.54) is 0 Å². The third kappa shape index (κ3) is 3.48. The average Bonchev–Trinajstić information content (AvgIpc) is 2.77. The van der Waals surface area contributed by atoms with Gasteiger partial charge in [-0.25, -0.2) is 4.79 Å². The number of terminal acetylenes is 1. The predicted molar refractivity (Wildman–Crippen MR) is 60.2 cm³/mol. The molecule has 92 valence electrons. The number of aliphatic carboxylic acids is 1. The number of nitrogens with one attached hydrogen (secondary N) is 1. The Morgan fingerprint density at radius 1 is 1.76 bits per heavy atom. The Balaban J connectivity index is 2.46. The monoisotopic (exact) mass is 238 g/mol. The van der Waals surface area contributed by atoms with Gasteiger partial charge in [0.15, 0.2) is 5.71 Å². The van der Waals surface area contributed by atoms with Gasteiger partial charge in [-0.15, -0.1) is 12.3 Å². The van der Waals surface area contributed by atoms with Crippen molar-refractivity contribution in [3.63, 3.8) is 0 Å². The van der Waals surface area contributed by atoms with Crippen molar-refractivity contribution in [3.8, 4) is 12.3 Å². The number of carbonyl (C=O) groups excluding carboxylic acids is 1. The van der Waals surface area contributed by atoms with Crippen LogP contribution in [0.25, 0.3) is 0 Å². The van der Waals surface area contributed by atoms with Crippen molar-refractivity contribution in [2.75, 3.05) is 0 Å². The van der Waals surface area contributed by atoms with Gasteiger partial charge in [0.25, 0.3) is 5.91 Å². The Hall–Kier alpha value is -2.03. The van der Waals surface area contributed by atoms with Crippen molar-refractivity contribution in [2.24, 2.45) is 5.16 Å². The Kier molecular flexibility index (Phi) is 4.52. The second-order valence-electron chi connectivity index (χ2n) is 3.66. The smallest absolute Gasteiger partial charge is 0.353 e. The molecule has 0 aliphatic carbocycles. The van der Waals surface area contributed by atoms with Crippen LogP contribution in [0.2, 0.25) is 0 Å². The van der Waals surface area contributed by atoms with Crippen molar-refractivity contribution in [1.82, 2.24) is 5.32 Å². The Bertz CT molecular complexity index is 383. The molecule has 0 bridgehead atoms. The number of amides is 1. The minimum absolute atomic E-state index is 0.0202. The minimum Gasteiger partial charge on any atom is -0.477 e. The molecule has 2 N–H and O–H groups in total. The largest absolute Gasteiger partial charge is 0.477 e. The summed E-state index contributed by atoms with van der Waals surface area (Å²) in [6.07, 6.45) is 5.41. The van der Waals surface area contributed by atoms with Gasteiger partial charge in [-0.05, 0) is 6.42 Å². The van der Waals surface area contributed by atoms with Crippen LogP contribution in [0.15, 0.2) is 5.16 Å². The fourth-order valence-electron chi connectivity index (χ4n) is 1.38. The lowest BCUT2D eigenvalue weighted by atomic mass is 10.1. The van der Waals surface area contributed by atoms with Crippen molar-refractivity contribution in [1.29, 1.82) is 0 Å². The van der Waals surface area contributed by atoms with Gasteiger partial charge in [-0.1, -0.05) is 12.1 Å². The van der Waals surface area contributed by atoms with E-state index >= 15 is 0 Å². The molecular weight excluding hydrogens is 224 g/mol. The molecule has 1 rings (SSSR count). The Labute approximate surface area is 99.0 Å². The number of carboxylic acids is 1. The van der Waals surface area contributed by atoms with Crippen LogP contribution >= 0.6 is 0 Å². The number of rotatable bonds is 5. The van der Waals surface area contributed by atoms with E-state index in [1.54, 1.807) is 0 Å². The molecule has 1 heterocycles. The van der Waals surface area contributed by atoms with Crippen molar-refractivity contribution < 1.29 is 19.5 Å². The lowest BCUT2D eigenvalue weighted by Crippen LogP contribution is -2.41. The zero-order valence-corrected chi connectivity index (χ0v) is 9.47. The zero-order valence-electron chi connectivity index (χ0n) is 9.47. The van der Waals surface area contributed by atoms with Crippen LogP contribution in [0.4, 0.5) is 0 Å². The first kappa shape index (κ1) is 13.0. The summed E-state index contributed by atoms with van der Waals surface area (Å²) in [5.74, 6) is 0.911. The number of carboxylic acid groups (broad SMARTS) is 1. The number of hydrogen-bond acceptors (Lipinski definition) is 4. The highest BCUT2D eigenvalue weighted by molar-refractivity contribution is 6.36. The molecule has 6 heteroatoms. The quantitative estimate of drug-likeness (QED) is 0.666.